The Balaban J connectivity index is 2.83. The van der Waals surface area contributed by atoms with E-state index in [1.165, 1.54) is 0 Å². The Bertz CT molecular complexity index is 30.6. The van der Waals surface area contributed by atoms with E-state index in [2.05, 4.69) is 12.8 Å². The maximum atomic E-state index is 3.36. The zero-order valence-corrected chi connectivity index (χ0v) is 3.65. The van der Waals surface area contributed by atoms with E-state index in [0.717, 1.165) is 0 Å². The molecule has 0 N–H and O–H groups in total. The first-order valence-electron chi connectivity index (χ1n) is 1.47. The number of rotatable bonds is 1. The van der Waals surface area contributed by atoms with E-state index in [-0.39, 0.29) is 0 Å². The Morgan fingerprint density at radius 3 is 1.80 bits per heavy atom. The topological polar surface area (TPSA) is 3.24 Å². The lowest BCUT2D eigenvalue weighted by atomic mass is 10.9. The van der Waals surface area contributed by atoms with Crippen LogP contribution in [0.3, 0.4) is 0 Å². The third kappa shape index (κ3) is 3.54. The molecule has 0 heterocycles. The molecule has 29 valence electrons. The Labute approximate surface area is 32.9 Å². The summed E-state index contributed by atoms with van der Waals surface area (Å²) in [5, 5.41) is 0. The van der Waals surface area contributed by atoms with Crippen molar-refractivity contribution in [2.24, 2.45) is 0 Å². The molecule has 0 aromatic carbocycles. The summed E-state index contributed by atoms with van der Waals surface area (Å²) in [5.41, 5.74) is 0. The van der Waals surface area contributed by atoms with Crippen molar-refractivity contribution < 1.29 is 0 Å². The smallest absolute Gasteiger partial charge is 0.0519 e. The minimum Gasteiger partial charge on any atom is -0.376 e. The van der Waals surface area contributed by atoms with E-state index >= 15 is 0 Å². The van der Waals surface area contributed by atoms with E-state index in [4.69, 9.17) is 0 Å². The Morgan fingerprint density at radius 1 is 1.60 bits per heavy atom. The van der Waals surface area contributed by atoms with Crippen LogP contribution in [0, 0.1) is 6.20 Å². The number of hydrogen-bond donors (Lipinski definition) is 0. The lowest BCUT2D eigenvalue weighted by molar-refractivity contribution is 0.541. The summed E-state index contributed by atoms with van der Waals surface area (Å²) in [7, 11) is 3.76. The molecule has 0 amide bonds. The van der Waals surface area contributed by atoms with Crippen molar-refractivity contribution >= 4 is 0 Å². The second kappa shape index (κ2) is 1.82. The van der Waals surface area contributed by atoms with Crippen LogP contribution in [0.15, 0.2) is 6.58 Å². The van der Waals surface area contributed by atoms with Crippen LogP contribution in [0.1, 0.15) is 0 Å². The first kappa shape index (κ1) is 4.54. The fourth-order valence-corrected chi connectivity index (χ4v) is 0. The van der Waals surface area contributed by atoms with E-state index in [9.17, 15) is 0 Å². The van der Waals surface area contributed by atoms with E-state index in [0.29, 0.717) is 0 Å². The van der Waals surface area contributed by atoms with E-state index in [1.807, 2.05) is 14.1 Å². The highest BCUT2D eigenvalue weighted by Crippen LogP contribution is 1.62. The molecule has 0 bridgehead atoms. The molecule has 0 aliphatic heterocycles. The van der Waals surface area contributed by atoms with Gasteiger partial charge in [-0.05, 0) is 0 Å². The molecule has 0 aliphatic rings. The molecule has 0 rings (SSSR count). The van der Waals surface area contributed by atoms with Crippen molar-refractivity contribution in [1.29, 1.82) is 0 Å². The van der Waals surface area contributed by atoms with Gasteiger partial charge >= 0.3 is 0 Å². The van der Waals surface area contributed by atoms with Crippen molar-refractivity contribution in [1.82, 2.24) is 4.90 Å². The zero-order valence-electron chi connectivity index (χ0n) is 3.65. The van der Waals surface area contributed by atoms with Gasteiger partial charge in [-0.1, -0.05) is 6.58 Å². The molecule has 0 aromatic heterocycles. The molecule has 0 spiro atoms. The molecule has 0 fully saturated rings. The van der Waals surface area contributed by atoms with Crippen LogP contribution < -0.4 is 0 Å². The molecule has 0 saturated carbocycles. The predicted octanol–water partition coefficient (Wildman–Crippen LogP) is 0.495. The van der Waals surface area contributed by atoms with Crippen molar-refractivity contribution in [2.45, 2.75) is 0 Å². The van der Waals surface area contributed by atoms with Gasteiger partial charge in [0, 0.05) is 14.1 Å². The molecule has 0 aliphatic carbocycles. The van der Waals surface area contributed by atoms with Crippen LogP contribution in [0.2, 0.25) is 0 Å². The molecule has 1 radical (unpaired) electrons. The second-order valence-corrected chi connectivity index (χ2v) is 1.05. The lowest BCUT2D eigenvalue weighted by Crippen LogP contribution is -1.99. The van der Waals surface area contributed by atoms with Crippen LogP contribution in [0.5, 0.6) is 0 Å². The summed E-state index contributed by atoms with van der Waals surface area (Å²) >= 11 is 0. The van der Waals surface area contributed by atoms with Crippen molar-refractivity contribution in [3.63, 3.8) is 0 Å². The fourth-order valence-electron chi connectivity index (χ4n) is 0. The highest BCUT2D eigenvalue weighted by Gasteiger charge is 1.63. The number of hydrogen-bond acceptors (Lipinski definition) is 1. The van der Waals surface area contributed by atoms with Gasteiger partial charge in [-0.2, -0.15) is 0 Å². The van der Waals surface area contributed by atoms with Crippen LogP contribution >= 0.6 is 0 Å². The van der Waals surface area contributed by atoms with E-state index < -0.39 is 0 Å². The molecule has 0 saturated heterocycles. The maximum absolute atomic E-state index is 3.36. The molecule has 1 heteroatoms. The molecular formula is C4H8N. The minimum absolute atomic E-state index is 1.76. The van der Waals surface area contributed by atoms with Crippen LogP contribution in [0.4, 0.5) is 0 Å². The van der Waals surface area contributed by atoms with Crippen LogP contribution in [-0.2, 0) is 0 Å². The Kier molecular flexibility index (Phi) is 1.65. The van der Waals surface area contributed by atoms with Gasteiger partial charge in [0.25, 0.3) is 0 Å². The first-order valence-corrected chi connectivity index (χ1v) is 1.47. The van der Waals surface area contributed by atoms with Gasteiger partial charge in [-0.15, -0.1) is 0 Å². The summed E-state index contributed by atoms with van der Waals surface area (Å²) in [6, 6.07) is 0. The van der Waals surface area contributed by atoms with Gasteiger partial charge < -0.3 is 4.90 Å². The van der Waals surface area contributed by atoms with Crippen molar-refractivity contribution in [3.05, 3.63) is 12.8 Å². The molecule has 0 atom stereocenters. The Morgan fingerprint density at radius 2 is 1.80 bits per heavy atom. The largest absolute Gasteiger partial charge is 0.376 e. The third-order valence-corrected chi connectivity index (χ3v) is 0.316. The zero-order chi connectivity index (χ0) is 4.28. The first-order chi connectivity index (χ1) is 2.27. The second-order valence-electron chi connectivity index (χ2n) is 1.05. The summed E-state index contributed by atoms with van der Waals surface area (Å²) in [4.78, 5) is 1.76. The Hall–Kier alpha value is -0.460. The minimum atomic E-state index is 1.76. The standard InChI is InChI=1S/C4H8N/c1-4-5(2)3/h1H2,2-3H3. The normalized spacial score (nSPS) is 6.80. The summed E-state index contributed by atoms with van der Waals surface area (Å²) < 4.78 is 0. The molecule has 0 aromatic rings. The van der Waals surface area contributed by atoms with Gasteiger partial charge in [-0.25, -0.2) is 0 Å². The summed E-state index contributed by atoms with van der Waals surface area (Å²) in [6.07, 6.45) is 2.61. The number of nitrogens with zero attached hydrogens (tertiary/aromatic N) is 1. The maximum Gasteiger partial charge on any atom is 0.0519 e. The molecule has 1 nitrogen and oxygen atoms in total. The van der Waals surface area contributed by atoms with Crippen molar-refractivity contribution in [3.8, 4) is 0 Å². The molecular weight excluding hydrogens is 62.1 g/mol. The van der Waals surface area contributed by atoms with Gasteiger partial charge in [-0.3, -0.25) is 0 Å². The highest BCUT2D eigenvalue weighted by atomic mass is 15.0. The monoisotopic (exact) mass is 70.1 g/mol. The van der Waals surface area contributed by atoms with E-state index in [1.54, 1.807) is 4.90 Å². The van der Waals surface area contributed by atoms with Gasteiger partial charge in [0.1, 0.15) is 0 Å². The van der Waals surface area contributed by atoms with Crippen LogP contribution in [0.25, 0.3) is 0 Å². The van der Waals surface area contributed by atoms with Crippen LogP contribution in [-0.4, -0.2) is 19.0 Å². The van der Waals surface area contributed by atoms with Crippen molar-refractivity contribution in [2.75, 3.05) is 14.1 Å². The SMILES string of the molecule is C=[C]N(C)C. The van der Waals surface area contributed by atoms with Gasteiger partial charge in [0.05, 0.1) is 6.20 Å². The molecule has 5 heavy (non-hydrogen) atoms. The third-order valence-electron chi connectivity index (χ3n) is 0.316. The fraction of sp³-hybridized carbons (Fsp3) is 0.500. The summed E-state index contributed by atoms with van der Waals surface area (Å²) in [6.45, 7) is 3.36. The quantitative estimate of drug-likeness (QED) is 0.406. The van der Waals surface area contributed by atoms with Gasteiger partial charge in [0.2, 0.25) is 0 Å². The molecule has 0 unspecified atom stereocenters. The predicted molar refractivity (Wildman–Crippen MR) is 22.6 cm³/mol. The highest BCUT2D eigenvalue weighted by molar-refractivity contribution is 4.46. The van der Waals surface area contributed by atoms with Gasteiger partial charge in [0.15, 0.2) is 0 Å². The summed E-state index contributed by atoms with van der Waals surface area (Å²) in [5.74, 6) is 0. The average Bonchev–Trinajstić information content (AvgIpc) is 1.38. The lowest BCUT2D eigenvalue weighted by Gasteiger charge is -1.96. The average molecular weight is 70.1 g/mol.